The molecule has 0 radical (unpaired) electrons. The predicted octanol–water partition coefficient (Wildman–Crippen LogP) is 3.41. The maximum absolute atomic E-state index is 13.8. The minimum atomic E-state index is -0.852. The first kappa shape index (κ1) is 11.6. The minimum absolute atomic E-state index is 0.234. The van der Waals surface area contributed by atoms with Crippen LogP contribution in [0, 0.1) is 17.2 Å². The van der Waals surface area contributed by atoms with Gasteiger partial charge in [0.25, 0.3) is 0 Å². The zero-order chi connectivity index (χ0) is 12.1. The highest BCUT2D eigenvalue weighted by Gasteiger charge is 2.63. The summed E-state index contributed by atoms with van der Waals surface area (Å²) in [5.41, 5.74) is 0.125. The first-order valence-corrected chi connectivity index (χ1v) is 5.83. The van der Waals surface area contributed by atoms with Gasteiger partial charge in [-0.3, -0.25) is 4.79 Å². The van der Waals surface area contributed by atoms with E-state index in [1.54, 1.807) is 18.2 Å². The number of carbonyl (C=O) groups is 1. The van der Waals surface area contributed by atoms with E-state index >= 15 is 0 Å². The van der Waals surface area contributed by atoms with Crippen LogP contribution >= 0.6 is 15.9 Å². The molecule has 0 aromatic heterocycles. The first-order valence-electron chi connectivity index (χ1n) is 5.04. The molecule has 2 nitrogen and oxygen atoms in total. The van der Waals surface area contributed by atoms with E-state index in [1.165, 1.54) is 0 Å². The monoisotopic (exact) mass is 286 g/mol. The molecule has 0 aliphatic heterocycles. The van der Waals surface area contributed by atoms with Gasteiger partial charge in [-0.2, -0.15) is 0 Å². The fourth-order valence-corrected chi connectivity index (χ4v) is 2.82. The summed E-state index contributed by atoms with van der Waals surface area (Å²) >= 11 is 3.11. The molecule has 0 amide bonds. The summed E-state index contributed by atoms with van der Waals surface area (Å²) in [6.45, 7) is 3.72. The van der Waals surface area contributed by atoms with Crippen LogP contribution in [0.4, 0.5) is 4.39 Å². The second kappa shape index (κ2) is 3.55. The third kappa shape index (κ3) is 1.56. The molecule has 0 heterocycles. The van der Waals surface area contributed by atoms with Crippen LogP contribution in [0.1, 0.15) is 25.3 Å². The third-order valence-electron chi connectivity index (χ3n) is 3.41. The lowest BCUT2D eigenvalue weighted by atomic mass is 10.0. The summed E-state index contributed by atoms with van der Waals surface area (Å²) in [4.78, 5) is 11.0. The van der Waals surface area contributed by atoms with Crippen LogP contribution in [0.3, 0.4) is 0 Å². The summed E-state index contributed by atoms with van der Waals surface area (Å²) < 4.78 is 14.2. The summed E-state index contributed by atoms with van der Waals surface area (Å²) in [5.74, 6) is -1.92. The topological polar surface area (TPSA) is 37.3 Å². The smallest absolute Gasteiger partial charge is 0.307 e. The Morgan fingerprint density at radius 2 is 2.12 bits per heavy atom. The first-order chi connectivity index (χ1) is 7.37. The molecule has 0 bridgehead atoms. The molecule has 16 heavy (non-hydrogen) atoms. The fraction of sp³-hybridized carbons (Fsp3) is 0.417. The van der Waals surface area contributed by atoms with Gasteiger partial charge < -0.3 is 5.11 Å². The van der Waals surface area contributed by atoms with E-state index in [-0.39, 0.29) is 17.2 Å². The molecule has 0 saturated heterocycles. The molecule has 1 aromatic carbocycles. The number of hydrogen-bond donors (Lipinski definition) is 1. The van der Waals surface area contributed by atoms with Gasteiger partial charge in [-0.1, -0.05) is 26.0 Å². The molecule has 1 N–H and O–H groups in total. The van der Waals surface area contributed by atoms with Gasteiger partial charge in [-0.15, -0.1) is 0 Å². The molecule has 4 heteroatoms. The van der Waals surface area contributed by atoms with Gasteiger partial charge in [-0.05, 0) is 33.0 Å². The molecule has 2 rings (SSSR count). The second-order valence-corrected chi connectivity index (χ2v) is 5.61. The molecule has 1 fully saturated rings. The summed E-state index contributed by atoms with van der Waals surface area (Å²) in [6, 6.07) is 5.01. The van der Waals surface area contributed by atoms with Gasteiger partial charge in [-0.25, -0.2) is 4.39 Å². The van der Waals surface area contributed by atoms with Crippen LogP contribution in [0.2, 0.25) is 0 Å². The zero-order valence-corrected chi connectivity index (χ0v) is 10.6. The van der Waals surface area contributed by atoms with Crippen LogP contribution in [0.15, 0.2) is 22.7 Å². The van der Waals surface area contributed by atoms with Crippen LogP contribution in [0.5, 0.6) is 0 Å². The molecule has 2 atom stereocenters. The van der Waals surface area contributed by atoms with Crippen molar-refractivity contribution in [2.45, 2.75) is 19.8 Å². The number of halogens is 2. The highest BCUT2D eigenvalue weighted by molar-refractivity contribution is 9.10. The number of rotatable bonds is 2. The molecule has 1 aromatic rings. The lowest BCUT2D eigenvalue weighted by molar-refractivity contribution is -0.139. The molecule has 1 saturated carbocycles. The Morgan fingerprint density at radius 3 is 2.62 bits per heavy atom. The normalized spacial score (nSPS) is 26.5. The molecular formula is C12H12BrFO2. The molecule has 1 aliphatic rings. The van der Waals surface area contributed by atoms with Gasteiger partial charge in [0.15, 0.2) is 0 Å². The molecule has 86 valence electrons. The number of aliphatic carboxylic acids is 1. The SMILES string of the molecule is CC1(C)[C@H](C(=O)O)[C@H]1c1cccc(Br)c1F. The Morgan fingerprint density at radius 1 is 1.50 bits per heavy atom. The van der Waals surface area contributed by atoms with Crippen LogP contribution in [-0.4, -0.2) is 11.1 Å². The van der Waals surface area contributed by atoms with Crippen LogP contribution in [-0.2, 0) is 4.79 Å². The van der Waals surface area contributed by atoms with Gasteiger partial charge in [0.2, 0.25) is 0 Å². The average Bonchev–Trinajstić information content (AvgIpc) is 2.74. The van der Waals surface area contributed by atoms with Crippen molar-refractivity contribution in [2.24, 2.45) is 11.3 Å². The van der Waals surface area contributed by atoms with E-state index in [1.807, 2.05) is 13.8 Å². The highest BCUT2D eigenvalue weighted by atomic mass is 79.9. The largest absolute Gasteiger partial charge is 0.481 e. The average molecular weight is 287 g/mol. The predicted molar refractivity (Wildman–Crippen MR) is 61.7 cm³/mol. The van der Waals surface area contributed by atoms with Gasteiger partial charge in [0.05, 0.1) is 10.4 Å². The fourth-order valence-electron chi connectivity index (χ4n) is 2.44. The summed E-state index contributed by atoms with van der Waals surface area (Å²) in [6.07, 6.45) is 0. The van der Waals surface area contributed by atoms with E-state index in [2.05, 4.69) is 15.9 Å². The van der Waals surface area contributed by atoms with Crippen molar-refractivity contribution < 1.29 is 14.3 Å². The lowest BCUT2D eigenvalue weighted by Crippen LogP contribution is -2.03. The van der Waals surface area contributed by atoms with Crippen LogP contribution in [0.25, 0.3) is 0 Å². The van der Waals surface area contributed by atoms with Crippen molar-refractivity contribution in [1.29, 1.82) is 0 Å². The van der Waals surface area contributed by atoms with Gasteiger partial charge in [0, 0.05) is 5.92 Å². The quantitative estimate of drug-likeness (QED) is 0.905. The number of carboxylic acid groups (broad SMARTS) is 1. The zero-order valence-electron chi connectivity index (χ0n) is 9.00. The lowest BCUT2D eigenvalue weighted by Gasteiger charge is -2.05. The van der Waals surface area contributed by atoms with Crippen molar-refractivity contribution in [1.82, 2.24) is 0 Å². The summed E-state index contributed by atoms with van der Waals surface area (Å²) in [5, 5.41) is 9.05. The standard InChI is InChI=1S/C12H12BrFO2/c1-12(2)8(9(12)11(15)16)6-4-3-5-7(13)10(6)14/h3-5,8-9H,1-2H3,(H,15,16)/t8-,9+/m1/s1. The van der Waals surface area contributed by atoms with Crippen molar-refractivity contribution in [3.05, 3.63) is 34.1 Å². The van der Waals surface area contributed by atoms with Crippen LogP contribution < -0.4 is 0 Å². The Balaban J connectivity index is 2.41. The molecule has 1 aliphatic carbocycles. The molecule has 0 unspecified atom stereocenters. The highest BCUT2D eigenvalue weighted by Crippen LogP contribution is 2.64. The van der Waals surface area contributed by atoms with Crippen molar-refractivity contribution in [2.75, 3.05) is 0 Å². The van der Waals surface area contributed by atoms with Crippen molar-refractivity contribution >= 4 is 21.9 Å². The van der Waals surface area contributed by atoms with Gasteiger partial charge in [0.1, 0.15) is 5.82 Å². The van der Waals surface area contributed by atoms with E-state index in [4.69, 9.17) is 5.11 Å². The minimum Gasteiger partial charge on any atom is -0.481 e. The second-order valence-electron chi connectivity index (χ2n) is 4.76. The molecule has 0 spiro atoms. The van der Waals surface area contributed by atoms with E-state index in [9.17, 15) is 9.18 Å². The number of hydrogen-bond acceptors (Lipinski definition) is 1. The maximum Gasteiger partial charge on any atom is 0.307 e. The van der Waals surface area contributed by atoms with E-state index < -0.39 is 11.9 Å². The Kier molecular flexibility index (Phi) is 2.57. The van der Waals surface area contributed by atoms with E-state index in [0.29, 0.717) is 10.0 Å². The Hall–Kier alpha value is -0.900. The van der Waals surface area contributed by atoms with E-state index in [0.717, 1.165) is 0 Å². The summed E-state index contributed by atoms with van der Waals surface area (Å²) in [7, 11) is 0. The maximum atomic E-state index is 13.8. The Labute approximate surface area is 102 Å². The van der Waals surface area contributed by atoms with Crippen molar-refractivity contribution in [3.63, 3.8) is 0 Å². The third-order valence-corrected chi connectivity index (χ3v) is 4.02. The number of carboxylic acids is 1. The van der Waals surface area contributed by atoms with Crippen molar-refractivity contribution in [3.8, 4) is 0 Å². The molecular weight excluding hydrogens is 275 g/mol. The number of benzene rings is 1. The van der Waals surface area contributed by atoms with Gasteiger partial charge >= 0.3 is 5.97 Å². The Bertz CT molecular complexity index is 456.